The number of H-pyrrole nitrogens is 1. The molecular weight excluding hydrogens is 401 g/mol. The molecular formula is C16H16F2N2O7P+. The van der Waals surface area contributed by atoms with Gasteiger partial charge in [-0.25, -0.2) is 18.1 Å². The summed E-state index contributed by atoms with van der Waals surface area (Å²) in [7, 11) is -2.85. The fraction of sp³-hybridized carbons (Fsp3) is 0.375. The number of aliphatic hydroxyl groups is 1. The van der Waals surface area contributed by atoms with Crippen LogP contribution in [-0.4, -0.2) is 38.9 Å². The van der Waals surface area contributed by atoms with Crippen LogP contribution in [0, 0.1) is 0 Å². The molecule has 0 bridgehead atoms. The van der Waals surface area contributed by atoms with E-state index in [0.717, 1.165) is 19.2 Å². The lowest BCUT2D eigenvalue weighted by molar-refractivity contribution is -0.203. The van der Waals surface area contributed by atoms with Crippen molar-refractivity contribution in [2.24, 2.45) is 0 Å². The molecule has 9 nitrogen and oxygen atoms in total. The van der Waals surface area contributed by atoms with Gasteiger partial charge in [-0.05, 0) is 19.1 Å². The number of aliphatic hydroxyl groups excluding tert-OH is 1. The quantitative estimate of drug-likeness (QED) is 0.685. The van der Waals surface area contributed by atoms with E-state index in [1.54, 1.807) is 18.2 Å². The molecule has 1 aliphatic rings. The van der Waals surface area contributed by atoms with Crippen LogP contribution in [0.3, 0.4) is 0 Å². The van der Waals surface area contributed by atoms with Crippen LogP contribution < -0.4 is 15.8 Å². The van der Waals surface area contributed by atoms with E-state index in [1.807, 2.05) is 4.98 Å². The van der Waals surface area contributed by atoms with Gasteiger partial charge >= 0.3 is 13.9 Å². The molecule has 1 aromatic heterocycles. The summed E-state index contributed by atoms with van der Waals surface area (Å²) in [6.07, 6.45) is -3.39. The van der Waals surface area contributed by atoms with E-state index in [-0.39, 0.29) is 5.75 Å². The first-order chi connectivity index (χ1) is 13.1. The van der Waals surface area contributed by atoms with E-state index in [2.05, 4.69) is 0 Å². The third-order valence-corrected chi connectivity index (χ3v) is 4.83. The first-order valence-electron chi connectivity index (χ1n) is 8.02. The Hall–Kier alpha value is -2.46. The highest BCUT2D eigenvalue weighted by Gasteiger charge is 2.65. The van der Waals surface area contributed by atoms with Crippen LogP contribution in [0.4, 0.5) is 8.78 Å². The number of hydrogen-bond donors (Lipinski definition) is 2. The van der Waals surface area contributed by atoms with Crippen molar-refractivity contribution in [3.8, 4) is 5.75 Å². The van der Waals surface area contributed by atoms with Crippen LogP contribution in [0.2, 0.25) is 0 Å². The normalized spacial score (nSPS) is 30.2. The molecule has 1 aliphatic heterocycles. The van der Waals surface area contributed by atoms with Crippen molar-refractivity contribution in [2.75, 3.05) is 6.61 Å². The van der Waals surface area contributed by atoms with Gasteiger partial charge in [-0.15, -0.1) is 4.52 Å². The lowest BCUT2D eigenvalue weighted by atomic mass is 9.97. The van der Waals surface area contributed by atoms with Crippen molar-refractivity contribution in [1.82, 2.24) is 9.55 Å². The minimum atomic E-state index is -3.13. The van der Waals surface area contributed by atoms with E-state index in [4.69, 9.17) is 13.8 Å². The molecule has 0 amide bonds. The highest BCUT2D eigenvalue weighted by molar-refractivity contribution is 7.33. The van der Waals surface area contributed by atoms with Crippen molar-refractivity contribution < 1.29 is 32.2 Å². The average Bonchev–Trinajstić information content (AvgIpc) is 2.82. The number of hydrogen-bond acceptors (Lipinski definition) is 7. The van der Waals surface area contributed by atoms with Gasteiger partial charge in [-0.1, -0.05) is 18.2 Å². The monoisotopic (exact) mass is 417 g/mol. The highest BCUT2D eigenvalue weighted by Crippen LogP contribution is 2.48. The summed E-state index contributed by atoms with van der Waals surface area (Å²) in [6, 6.07) is 8.80. The number of nitrogens with zero attached hydrogens (tertiary/aromatic N) is 1. The Bertz CT molecular complexity index is 981. The molecule has 150 valence electrons. The van der Waals surface area contributed by atoms with Crippen LogP contribution in [-0.2, 0) is 13.8 Å². The number of para-hydroxylation sites is 1. The summed E-state index contributed by atoms with van der Waals surface area (Å²) in [5.74, 6) is -2.94. The molecule has 0 saturated carbocycles. The topological polar surface area (TPSA) is 120 Å². The molecule has 1 fully saturated rings. The van der Waals surface area contributed by atoms with Crippen LogP contribution in [0.15, 0.2) is 52.2 Å². The van der Waals surface area contributed by atoms with Gasteiger partial charge in [-0.3, -0.25) is 14.3 Å². The number of ether oxygens (including phenoxy) is 1. The molecule has 28 heavy (non-hydrogen) atoms. The molecule has 12 heteroatoms. The average molecular weight is 417 g/mol. The zero-order valence-electron chi connectivity index (χ0n) is 14.5. The van der Waals surface area contributed by atoms with Gasteiger partial charge in [0.05, 0.1) is 0 Å². The summed E-state index contributed by atoms with van der Waals surface area (Å²) in [6.45, 7) is -0.313. The Morgan fingerprint density at radius 2 is 1.96 bits per heavy atom. The number of benzene rings is 1. The summed E-state index contributed by atoms with van der Waals surface area (Å²) < 4.78 is 57.1. The van der Waals surface area contributed by atoms with E-state index in [9.17, 15) is 23.7 Å². The van der Waals surface area contributed by atoms with Crippen molar-refractivity contribution in [2.45, 2.75) is 30.8 Å². The SMILES string of the molecule is C[C@@]1(F)C(O)[C@@](F)(CO[P+](=O)Oc2ccccc2)O[C@H]1n1ccc(=O)[nH]c1=O. The van der Waals surface area contributed by atoms with Crippen molar-refractivity contribution in [3.63, 3.8) is 0 Å². The van der Waals surface area contributed by atoms with Gasteiger partial charge in [0.1, 0.15) is 0 Å². The number of aromatic amines is 1. The fourth-order valence-corrected chi connectivity index (χ4v) is 3.34. The highest BCUT2D eigenvalue weighted by atomic mass is 31.1. The Balaban J connectivity index is 1.75. The first kappa shape index (κ1) is 20.3. The van der Waals surface area contributed by atoms with Crippen molar-refractivity contribution in [1.29, 1.82) is 0 Å². The Morgan fingerprint density at radius 3 is 2.61 bits per heavy atom. The molecule has 0 spiro atoms. The second kappa shape index (κ2) is 7.51. The minimum absolute atomic E-state index is 0.192. The maximum Gasteiger partial charge on any atom is 0.750 e. The minimum Gasteiger partial charge on any atom is -0.383 e. The van der Waals surface area contributed by atoms with Gasteiger partial charge < -0.3 is 9.84 Å². The number of alkyl halides is 2. The molecule has 3 rings (SSSR count). The van der Waals surface area contributed by atoms with E-state index in [1.165, 1.54) is 12.1 Å². The molecule has 2 heterocycles. The predicted molar refractivity (Wildman–Crippen MR) is 91.4 cm³/mol. The van der Waals surface area contributed by atoms with Gasteiger partial charge in [0.2, 0.25) is 0 Å². The molecule has 2 aromatic rings. The molecule has 2 N–H and O–H groups in total. The van der Waals surface area contributed by atoms with Crippen molar-refractivity contribution in [3.05, 3.63) is 63.4 Å². The lowest BCUT2D eigenvalue weighted by Crippen LogP contribution is -2.47. The third-order valence-electron chi connectivity index (χ3n) is 4.13. The number of rotatable bonds is 6. The third kappa shape index (κ3) is 3.88. The maximum atomic E-state index is 15.0. The smallest absolute Gasteiger partial charge is 0.383 e. The predicted octanol–water partition coefficient (Wildman–Crippen LogP) is 1.57. The van der Waals surface area contributed by atoms with Crippen LogP contribution >= 0.6 is 8.25 Å². The number of nitrogens with one attached hydrogen (secondary N) is 1. The fourth-order valence-electron chi connectivity index (χ4n) is 2.71. The maximum absolute atomic E-state index is 15.0. The lowest BCUT2D eigenvalue weighted by Gasteiger charge is -2.24. The molecule has 0 aliphatic carbocycles. The second-order valence-corrected chi connectivity index (χ2v) is 7.12. The van der Waals surface area contributed by atoms with Gasteiger partial charge in [0, 0.05) is 16.8 Å². The zero-order chi connectivity index (χ0) is 20.5. The summed E-state index contributed by atoms with van der Waals surface area (Å²) in [5, 5.41) is 10.1. The molecule has 1 aromatic carbocycles. The van der Waals surface area contributed by atoms with E-state index < -0.39 is 50.0 Å². The summed E-state index contributed by atoms with van der Waals surface area (Å²) in [5.41, 5.74) is -4.57. The number of halogens is 2. The largest absolute Gasteiger partial charge is 0.750 e. The molecule has 0 radical (unpaired) electrons. The van der Waals surface area contributed by atoms with E-state index in [0.29, 0.717) is 4.57 Å². The van der Waals surface area contributed by atoms with Crippen LogP contribution in [0.5, 0.6) is 5.75 Å². The standard InChI is InChI=1S/C16H15F2N2O7P/c1-15(17)12(22)16(18,9-25-28(24)27-10-5-3-2-4-6-10)26-13(15)20-8-7-11(21)19-14(20)23/h2-8,12-13,22H,9H2,1H3/p+1/t12?,13-,15-,16-/m1/s1. The number of aromatic nitrogens is 2. The van der Waals surface area contributed by atoms with Gasteiger partial charge in [0.15, 0.2) is 30.4 Å². The zero-order valence-corrected chi connectivity index (χ0v) is 15.3. The molecule has 5 atom stereocenters. The Morgan fingerprint density at radius 1 is 1.29 bits per heavy atom. The van der Waals surface area contributed by atoms with Crippen molar-refractivity contribution >= 4 is 8.25 Å². The van der Waals surface area contributed by atoms with Gasteiger partial charge in [-0.2, -0.15) is 0 Å². The van der Waals surface area contributed by atoms with Crippen LogP contribution in [0.1, 0.15) is 13.2 Å². The Kier molecular flexibility index (Phi) is 5.44. The summed E-state index contributed by atoms with van der Waals surface area (Å²) in [4.78, 5) is 24.9. The first-order valence-corrected chi connectivity index (χ1v) is 9.11. The summed E-state index contributed by atoms with van der Waals surface area (Å²) >= 11 is 0. The second-order valence-electron chi connectivity index (χ2n) is 6.23. The molecule has 1 saturated heterocycles. The molecule has 2 unspecified atom stereocenters. The Labute approximate surface area is 157 Å². The van der Waals surface area contributed by atoms with Gasteiger partial charge in [0.25, 0.3) is 11.4 Å². The van der Waals surface area contributed by atoms with E-state index >= 15 is 4.39 Å². The van der Waals surface area contributed by atoms with Crippen LogP contribution in [0.25, 0.3) is 0 Å².